The van der Waals surface area contributed by atoms with Crippen molar-refractivity contribution in [2.24, 2.45) is 0 Å². The summed E-state index contributed by atoms with van der Waals surface area (Å²) in [6.07, 6.45) is 1.63. The maximum Gasteiger partial charge on any atom is 0.344 e. The summed E-state index contributed by atoms with van der Waals surface area (Å²) in [7, 11) is 0. The zero-order chi connectivity index (χ0) is 15.0. The smallest absolute Gasteiger partial charge is 0.344 e. The molecule has 0 spiro atoms. The molecule has 1 aromatic carbocycles. The van der Waals surface area contributed by atoms with Crippen molar-refractivity contribution in [2.45, 2.75) is 6.92 Å². The fourth-order valence-corrected chi connectivity index (χ4v) is 2.59. The van der Waals surface area contributed by atoms with Crippen LogP contribution in [0.1, 0.15) is 17.3 Å². The molecule has 0 atom stereocenters. The SMILES string of the molecule is CCOC(=O)c1c(=O)n2ccccc2c2cc(Cl)ccc12. The first-order valence-electron chi connectivity index (χ1n) is 6.53. The van der Waals surface area contributed by atoms with E-state index in [4.69, 9.17) is 16.3 Å². The molecule has 0 amide bonds. The van der Waals surface area contributed by atoms with Gasteiger partial charge in [-0.2, -0.15) is 0 Å². The molecule has 0 N–H and O–H groups in total. The average molecular weight is 302 g/mol. The quantitative estimate of drug-likeness (QED) is 0.539. The second-order valence-corrected chi connectivity index (χ2v) is 4.98. The van der Waals surface area contributed by atoms with Crippen LogP contribution >= 0.6 is 11.6 Å². The Morgan fingerprint density at radius 1 is 1.24 bits per heavy atom. The number of nitrogens with zero attached hydrogens (tertiary/aromatic N) is 1. The van der Waals surface area contributed by atoms with E-state index in [9.17, 15) is 9.59 Å². The molecule has 21 heavy (non-hydrogen) atoms. The third kappa shape index (κ3) is 2.17. The van der Waals surface area contributed by atoms with Crippen LogP contribution in [0.25, 0.3) is 16.3 Å². The van der Waals surface area contributed by atoms with Crippen LogP contribution < -0.4 is 5.56 Å². The van der Waals surface area contributed by atoms with Crippen LogP contribution in [-0.2, 0) is 4.74 Å². The van der Waals surface area contributed by atoms with Crippen LogP contribution in [0.2, 0.25) is 5.02 Å². The number of hydrogen-bond donors (Lipinski definition) is 0. The van der Waals surface area contributed by atoms with Gasteiger partial charge in [-0.15, -0.1) is 0 Å². The second-order valence-electron chi connectivity index (χ2n) is 4.55. The van der Waals surface area contributed by atoms with E-state index in [1.165, 1.54) is 4.40 Å². The zero-order valence-electron chi connectivity index (χ0n) is 11.3. The Morgan fingerprint density at radius 3 is 2.81 bits per heavy atom. The van der Waals surface area contributed by atoms with Gasteiger partial charge in [0.15, 0.2) is 0 Å². The predicted octanol–water partition coefficient (Wildman–Crippen LogP) is 3.28. The second kappa shape index (κ2) is 5.22. The lowest BCUT2D eigenvalue weighted by atomic mass is 10.0. The van der Waals surface area contributed by atoms with Crippen LogP contribution in [0.15, 0.2) is 47.4 Å². The van der Waals surface area contributed by atoms with Crippen LogP contribution in [0, 0.1) is 0 Å². The van der Waals surface area contributed by atoms with Crippen molar-refractivity contribution in [1.82, 2.24) is 4.40 Å². The van der Waals surface area contributed by atoms with Crippen molar-refractivity contribution < 1.29 is 9.53 Å². The molecule has 0 aliphatic carbocycles. The molecule has 0 saturated carbocycles. The first-order chi connectivity index (χ1) is 10.1. The number of ether oxygens (including phenoxy) is 1. The monoisotopic (exact) mass is 301 g/mol. The molecule has 0 fully saturated rings. The molecule has 0 aliphatic rings. The maximum atomic E-state index is 12.6. The molecular formula is C16H12ClNO3. The average Bonchev–Trinajstić information content (AvgIpc) is 2.48. The minimum Gasteiger partial charge on any atom is -0.462 e. The summed E-state index contributed by atoms with van der Waals surface area (Å²) in [5.74, 6) is -0.618. The summed E-state index contributed by atoms with van der Waals surface area (Å²) < 4.78 is 6.45. The van der Waals surface area contributed by atoms with E-state index in [-0.39, 0.29) is 17.7 Å². The molecule has 106 valence electrons. The van der Waals surface area contributed by atoms with Gasteiger partial charge in [-0.1, -0.05) is 23.7 Å². The summed E-state index contributed by atoms with van der Waals surface area (Å²) in [6, 6.07) is 10.5. The number of carbonyl (C=O) groups excluding carboxylic acids is 1. The van der Waals surface area contributed by atoms with Gasteiger partial charge in [0, 0.05) is 22.0 Å². The third-order valence-electron chi connectivity index (χ3n) is 3.30. The van der Waals surface area contributed by atoms with Gasteiger partial charge in [0.1, 0.15) is 5.56 Å². The number of esters is 1. The highest BCUT2D eigenvalue weighted by Crippen LogP contribution is 2.25. The van der Waals surface area contributed by atoms with Crippen molar-refractivity contribution in [3.05, 3.63) is 63.5 Å². The molecule has 3 rings (SSSR count). The molecule has 2 aromatic heterocycles. The Labute approximate surface area is 125 Å². The highest BCUT2D eigenvalue weighted by Gasteiger charge is 2.19. The van der Waals surface area contributed by atoms with E-state index in [0.717, 1.165) is 5.39 Å². The Balaban J connectivity index is 2.53. The van der Waals surface area contributed by atoms with Gasteiger partial charge in [-0.3, -0.25) is 9.20 Å². The number of carbonyl (C=O) groups is 1. The topological polar surface area (TPSA) is 47.8 Å². The highest BCUT2D eigenvalue weighted by atomic mass is 35.5. The molecule has 2 heterocycles. The predicted molar refractivity (Wildman–Crippen MR) is 82.1 cm³/mol. The largest absolute Gasteiger partial charge is 0.462 e. The molecule has 0 aliphatic heterocycles. The highest BCUT2D eigenvalue weighted by molar-refractivity contribution is 6.31. The molecule has 0 unspecified atom stereocenters. The van der Waals surface area contributed by atoms with E-state index in [0.29, 0.717) is 15.9 Å². The molecule has 5 heteroatoms. The lowest BCUT2D eigenvalue weighted by molar-refractivity contribution is 0.0526. The van der Waals surface area contributed by atoms with Crippen molar-refractivity contribution in [2.75, 3.05) is 6.61 Å². The summed E-state index contributed by atoms with van der Waals surface area (Å²) in [5, 5.41) is 1.83. The number of aromatic nitrogens is 1. The fraction of sp³-hybridized carbons (Fsp3) is 0.125. The van der Waals surface area contributed by atoms with Crippen molar-refractivity contribution in [1.29, 1.82) is 0 Å². The van der Waals surface area contributed by atoms with E-state index in [1.54, 1.807) is 37.4 Å². The van der Waals surface area contributed by atoms with Crippen molar-refractivity contribution in [3.8, 4) is 0 Å². The number of halogens is 1. The first-order valence-corrected chi connectivity index (χ1v) is 6.91. The van der Waals surface area contributed by atoms with Gasteiger partial charge < -0.3 is 4.74 Å². The van der Waals surface area contributed by atoms with E-state index in [2.05, 4.69) is 0 Å². The van der Waals surface area contributed by atoms with Gasteiger partial charge in [0.2, 0.25) is 0 Å². The van der Waals surface area contributed by atoms with Gasteiger partial charge in [0.05, 0.1) is 12.1 Å². The summed E-state index contributed by atoms with van der Waals surface area (Å²) in [6.45, 7) is 1.92. The number of hydrogen-bond acceptors (Lipinski definition) is 3. The number of rotatable bonds is 2. The molecule has 0 saturated heterocycles. The zero-order valence-corrected chi connectivity index (χ0v) is 12.1. The van der Waals surface area contributed by atoms with E-state index < -0.39 is 5.97 Å². The van der Waals surface area contributed by atoms with Crippen LogP contribution in [0.5, 0.6) is 0 Å². The van der Waals surface area contributed by atoms with Gasteiger partial charge in [-0.05, 0) is 31.2 Å². The van der Waals surface area contributed by atoms with Gasteiger partial charge >= 0.3 is 5.97 Å². The molecule has 0 radical (unpaired) electrons. The molecule has 4 nitrogen and oxygen atoms in total. The van der Waals surface area contributed by atoms with E-state index >= 15 is 0 Å². The Kier molecular flexibility index (Phi) is 3.39. The normalized spacial score (nSPS) is 11.0. The number of pyridine rings is 2. The lowest BCUT2D eigenvalue weighted by Crippen LogP contribution is -2.24. The maximum absolute atomic E-state index is 12.6. The van der Waals surface area contributed by atoms with Crippen LogP contribution in [0.3, 0.4) is 0 Å². The lowest BCUT2D eigenvalue weighted by Gasteiger charge is -2.10. The first kappa shape index (κ1) is 13.6. The summed E-state index contributed by atoms with van der Waals surface area (Å²) in [4.78, 5) is 24.7. The standard InChI is InChI=1S/C16H12ClNO3/c1-2-21-16(20)14-11-7-6-10(17)9-12(11)13-5-3-4-8-18(13)15(14)19/h3-9H,2H2,1H3. The molecule has 0 bridgehead atoms. The van der Waals surface area contributed by atoms with Crippen molar-refractivity contribution in [3.63, 3.8) is 0 Å². The summed E-state index contributed by atoms with van der Waals surface area (Å²) in [5.41, 5.74) is 0.346. The van der Waals surface area contributed by atoms with Gasteiger partial charge in [0.25, 0.3) is 5.56 Å². The minimum absolute atomic E-state index is 0.0345. The van der Waals surface area contributed by atoms with Crippen molar-refractivity contribution >= 4 is 33.9 Å². The molecule has 3 aromatic rings. The number of benzene rings is 1. The van der Waals surface area contributed by atoms with Crippen LogP contribution in [0.4, 0.5) is 0 Å². The minimum atomic E-state index is -0.618. The fourth-order valence-electron chi connectivity index (χ4n) is 2.42. The Bertz CT molecular complexity index is 914. The number of fused-ring (bicyclic) bond motifs is 3. The molecular weight excluding hydrogens is 290 g/mol. The van der Waals surface area contributed by atoms with Gasteiger partial charge in [-0.25, -0.2) is 4.79 Å². The summed E-state index contributed by atoms with van der Waals surface area (Å²) >= 11 is 6.05. The van der Waals surface area contributed by atoms with E-state index in [1.807, 2.05) is 12.1 Å². The van der Waals surface area contributed by atoms with Crippen LogP contribution in [-0.4, -0.2) is 17.0 Å². The Hall–Kier alpha value is -2.33. The Morgan fingerprint density at radius 2 is 2.05 bits per heavy atom. The third-order valence-corrected chi connectivity index (χ3v) is 3.53.